The topological polar surface area (TPSA) is 0 Å². The Labute approximate surface area is 112 Å². The first-order valence-corrected chi connectivity index (χ1v) is 6.62. The van der Waals surface area contributed by atoms with Crippen LogP contribution in [0.1, 0.15) is 22.3 Å². The van der Waals surface area contributed by atoms with E-state index in [4.69, 9.17) is 0 Å². The van der Waals surface area contributed by atoms with Crippen molar-refractivity contribution in [3.8, 4) is 0 Å². The van der Waals surface area contributed by atoms with Gasteiger partial charge in [-0.1, -0.05) is 0 Å². The third kappa shape index (κ3) is 2.65. The van der Waals surface area contributed by atoms with Crippen molar-refractivity contribution in [2.24, 2.45) is 0 Å². The van der Waals surface area contributed by atoms with Crippen molar-refractivity contribution >= 4 is 3.21 Å². The van der Waals surface area contributed by atoms with Crippen LogP contribution in [-0.2, 0) is 24.2 Å². The van der Waals surface area contributed by atoms with Gasteiger partial charge in [-0.15, -0.1) is 0 Å². The van der Waals surface area contributed by atoms with Crippen molar-refractivity contribution in [3.63, 3.8) is 0 Å². The molecule has 0 unspecified atom stereocenters. The van der Waals surface area contributed by atoms with Gasteiger partial charge in [-0.2, -0.15) is 0 Å². The van der Waals surface area contributed by atoms with Gasteiger partial charge in [0.25, 0.3) is 0 Å². The van der Waals surface area contributed by atoms with E-state index in [2.05, 4.69) is 62.4 Å². The maximum atomic E-state index is 2.21. The van der Waals surface area contributed by atoms with Crippen LogP contribution in [0.5, 0.6) is 0 Å². The summed E-state index contributed by atoms with van der Waals surface area (Å²) >= 11 is 1.46. The van der Waals surface area contributed by atoms with Gasteiger partial charge in [-0.3, -0.25) is 0 Å². The molecule has 0 amide bonds. The first-order chi connectivity index (χ1) is 7.66. The van der Waals surface area contributed by atoms with Crippen LogP contribution >= 0.6 is 0 Å². The molecule has 0 N–H and O–H groups in total. The van der Waals surface area contributed by atoms with Gasteiger partial charge in [0.05, 0.1) is 0 Å². The summed E-state index contributed by atoms with van der Waals surface area (Å²) in [6.45, 7) is 4.25. The van der Waals surface area contributed by atoms with Gasteiger partial charge in [0, 0.05) is 0 Å². The molecule has 0 bridgehead atoms. The summed E-state index contributed by atoms with van der Waals surface area (Å²) < 4.78 is 1.42. The Hall–Kier alpha value is -0.807. The molecular formula is C15H14Zr+2. The first kappa shape index (κ1) is 11.7. The van der Waals surface area contributed by atoms with E-state index in [9.17, 15) is 0 Å². The molecule has 2 rings (SSSR count). The Morgan fingerprint density at radius 1 is 0.688 bits per heavy atom. The van der Waals surface area contributed by atoms with Gasteiger partial charge in [0.1, 0.15) is 0 Å². The van der Waals surface area contributed by atoms with Crippen LogP contribution in [0.3, 0.4) is 0 Å². The first-order valence-electron chi connectivity index (χ1n) is 5.39. The Balaban J connectivity index is 2.32. The van der Waals surface area contributed by atoms with E-state index >= 15 is 0 Å². The zero-order valence-corrected chi connectivity index (χ0v) is 12.1. The van der Waals surface area contributed by atoms with Crippen molar-refractivity contribution in [1.82, 2.24) is 0 Å². The van der Waals surface area contributed by atoms with Crippen LogP contribution in [0.4, 0.5) is 0 Å². The van der Waals surface area contributed by atoms with E-state index in [1.165, 1.54) is 49.7 Å². The molecule has 0 radical (unpaired) electrons. The van der Waals surface area contributed by atoms with Gasteiger partial charge in [-0.05, 0) is 0 Å². The fourth-order valence-corrected chi connectivity index (χ4v) is 2.43. The number of benzene rings is 2. The van der Waals surface area contributed by atoms with Crippen LogP contribution in [-0.4, -0.2) is 3.21 Å². The molecule has 0 saturated heterocycles. The van der Waals surface area contributed by atoms with E-state index in [0.29, 0.717) is 0 Å². The second-order valence-electron chi connectivity index (χ2n) is 4.11. The van der Waals surface area contributed by atoms with Crippen molar-refractivity contribution in [1.29, 1.82) is 0 Å². The molecule has 1 heteroatoms. The Kier molecular flexibility index (Phi) is 3.66. The number of hydrogen-bond donors (Lipinski definition) is 0. The molecule has 16 heavy (non-hydrogen) atoms. The SMILES string of the molecule is Cc1ccc([C](=[Zr+2])c2ccc(C)cc2)cc1. The van der Waals surface area contributed by atoms with Gasteiger partial charge in [0.2, 0.25) is 0 Å². The summed E-state index contributed by atoms with van der Waals surface area (Å²) in [6, 6.07) is 17.5. The third-order valence-electron chi connectivity index (χ3n) is 2.68. The fraction of sp³-hybridized carbons (Fsp3) is 0.133. The molecule has 0 aliphatic rings. The van der Waals surface area contributed by atoms with E-state index < -0.39 is 0 Å². The minimum atomic E-state index is 1.32. The Morgan fingerprint density at radius 3 is 1.31 bits per heavy atom. The minimum absolute atomic E-state index is 1.32. The quantitative estimate of drug-likeness (QED) is 0.793. The Bertz CT molecular complexity index is 444. The van der Waals surface area contributed by atoms with Gasteiger partial charge in [-0.25, -0.2) is 0 Å². The maximum absolute atomic E-state index is 2.21. The third-order valence-corrected chi connectivity index (χ3v) is 4.10. The molecule has 0 nitrogen and oxygen atoms in total. The van der Waals surface area contributed by atoms with Crippen LogP contribution in [0.25, 0.3) is 0 Å². The van der Waals surface area contributed by atoms with E-state index in [-0.39, 0.29) is 0 Å². The van der Waals surface area contributed by atoms with E-state index in [1.54, 1.807) is 0 Å². The summed E-state index contributed by atoms with van der Waals surface area (Å²) in [5, 5.41) is 0. The average Bonchev–Trinajstić information content (AvgIpc) is 2.30. The Morgan fingerprint density at radius 2 is 1.00 bits per heavy atom. The summed E-state index contributed by atoms with van der Waals surface area (Å²) in [4.78, 5) is 0. The van der Waals surface area contributed by atoms with Crippen molar-refractivity contribution < 1.29 is 24.2 Å². The molecule has 0 aliphatic carbocycles. The predicted octanol–water partition coefficient (Wildman–Crippen LogP) is 3.42. The second kappa shape index (κ2) is 5.02. The average molecular weight is 286 g/mol. The molecule has 0 spiro atoms. The predicted molar refractivity (Wildman–Crippen MR) is 65.6 cm³/mol. The molecule has 76 valence electrons. The van der Waals surface area contributed by atoms with Gasteiger partial charge in [0.15, 0.2) is 0 Å². The monoisotopic (exact) mass is 284 g/mol. The van der Waals surface area contributed by atoms with Gasteiger partial charge >= 0.3 is 112 Å². The van der Waals surface area contributed by atoms with Crippen LogP contribution in [0.15, 0.2) is 48.5 Å². The number of aryl methyl sites for hydroxylation is 2. The molecule has 2 aromatic rings. The number of rotatable bonds is 2. The zero-order chi connectivity index (χ0) is 11.5. The normalized spacial score (nSPS) is 10.2. The summed E-state index contributed by atoms with van der Waals surface area (Å²) in [7, 11) is 0. The molecule has 0 fully saturated rings. The molecule has 0 aliphatic heterocycles. The van der Waals surface area contributed by atoms with E-state index in [0.717, 1.165) is 0 Å². The molecule has 0 saturated carbocycles. The van der Waals surface area contributed by atoms with Crippen molar-refractivity contribution in [2.45, 2.75) is 13.8 Å². The van der Waals surface area contributed by atoms with Crippen molar-refractivity contribution in [2.75, 3.05) is 0 Å². The molecule has 0 heterocycles. The van der Waals surface area contributed by atoms with E-state index in [1.807, 2.05) is 0 Å². The fourth-order valence-electron chi connectivity index (χ4n) is 1.61. The molecule has 0 atom stereocenters. The van der Waals surface area contributed by atoms with Crippen LogP contribution < -0.4 is 0 Å². The summed E-state index contributed by atoms with van der Waals surface area (Å²) in [5.41, 5.74) is 5.31. The molecular weight excluding hydrogens is 271 g/mol. The van der Waals surface area contributed by atoms with Crippen molar-refractivity contribution in [3.05, 3.63) is 70.8 Å². The number of hydrogen-bond acceptors (Lipinski definition) is 0. The second-order valence-corrected chi connectivity index (χ2v) is 5.34. The standard InChI is InChI=1S/C15H14.Zr/c1-12-3-7-14(8-4-12)11-15-9-5-13(2)6-10-15;/h3-10H,1-2H3;/q;+2. The summed E-state index contributed by atoms with van der Waals surface area (Å²) in [5.74, 6) is 0. The molecule has 2 aromatic carbocycles. The zero-order valence-electron chi connectivity index (χ0n) is 9.62. The molecule has 0 aromatic heterocycles. The summed E-state index contributed by atoms with van der Waals surface area (Å²) in [6.07, 6.45) is 0. The van der Waals surface area contributed by atoms with Crippen LogP contribution in [0.2, 0.25) is 0 Å². The van der Waals surface area contributed by atoms with Crippen LogP contribution in [0, 0.1) is 13.8 Å². The van der Waals surface area contributed by atoms with Gasteiger partial charge < -0.3 is 0 Å².